The quantitative estimate of drug-likeness (QED) is 0.570. The predicted octanol–water partition coefficient (Wildman–Crippen LogP) is 0.840. The summed E-state index contributed by atoms with van der Waals surface area (Å²) in [5.74, 6) is 0. The Balaban J connectivity index is 2.16. The highest BCUT2D eigenvalue weighted by atomic mass is 32.1. The van der Waals surface area contributed by atoms with E-state index in [0.717, 1.165) is 50.9 Å². The van der Waals surface area contributed by atoms with Gasteiger partial charge in [0, 0.05) is 45.8 Å². The van der Waals surface area contributed by atoms with Gasteiger partial charge in [0.1, 0.15) is 0 Å². The van der Waals surface area contributed by atoms with Crippen molar-refractivity contribution in [1.29, 1.82) is 0 Å². The Morgan fingerprint density at radius 3 is 2.44 bits per heavy atom. The third-order valence-corrected chi connectivity index (χ3v) is 3.73. The lowest BCUT2D eigenvalue weighted by atomic mass is 10.3. The maximum atomic E-state index is 5.42. The van der Waals surface area contributed by atoms with Crippen molar-refractivity contribution in [2.24, 2.45) is 0 Å². The summed E-state index contributed by atoms with van der Waals surface area (Å²) in [5, 5.41) is 4.29. The largest absolute Gasteiger partial charge is 0.363 e. The van der Waals surface area contributed by atoms with Gasteiger partial charge in [-0.25, -0.2) is 0 Å². The molecule has 0 radical (unpaired) electrons. The zero-order valence-corrected chi connectivity index (χ0v) is 12.9. The molecule has 0 unspecified atom stereocenters. The SMILES string of the molecule is CCCCNC(=S)N1CCN(CCN(C)C)CC1. The highest BCUT2D eigenvalue weighted by Crippen LogP contribution is 2.02. The van der Waals surface area contributed by atoms with Crippen LogP contribution in [0.15, 0.2) is 0 Å². The molecule has 0 aromatic rings. The molecule has 1 fully saturated rings. The highest BCUT2D eigenvalue weighted by molar-refractivity contribution is 7.80. The van der Waals surface area contributed by atoms with Crippen molar-refractivity contribution >= 4 is 17.3 Å². The van der Waals surface area contributed by atoms with Crippen LogP contribution in [0, 0.1) is 0 Å². The van der Waals surface area contributed by atoms with E-state index >= 15 is 0 Å². The number of hydrogen-bond donors (Lipinski definition) is 1. The molecule has 0 aromatic carbocycles. The van der Waals surface area contributed by atoms with Gasteiger partial charge in [0.25, 0.3) is 0 Å². The minimum atomic E-state index is 0.940. The minimum absolute atomic E-state index is 0.940. The van der Waals surface area contributed by atoms with E-state index in [1.54, 1.807) is 0 Å². The fourth-order valence-electron chi connectivity index (χ4n) is 2.00. The van der Waals surface area contributed by atoms with Crippen LogP contribution < -0.4 is 5.32 Å². The van der Waals surface area contributed by atoms with Crippen molar-refractivity contribution in [3.63, 3.8) is 0 Å². The summed E-state index contributed by atoms with van der Waals surface area (Å²) >= 11 is 5.42. The van der Waals surface area contributed by atoms with Crippen LogP contribution in [0.1, 0.15) is 19.8 Å². The van der Waals surface area contributed by atoms with Crippen molar-refractivity contribution in [1.82, 2.24) is 20.0 Å². The Bertz CT molecular complexity index is 237. The standard InChI is InChI=1S/C13H28N4S/c1-4-5-6-14-13(18)17-11-9-16(10-12-17)8-7-15(2)3/h4-12H2,1-3H3,(H,14,18). The number of piperazine rings is 1. The third-order valence-electron chi connectivity index (χ3n) is 3.33. The van der Waals surface area contributed by atoms with Crippen molar-refractivity contribution in [3.8, 4) is 0 Å². The second kappa shape index (κ2) is 8.67. The lowest BCUT2D eigenvalue weighted by molar-refractivity contribution is 0.168. The lowest BCUT2D eigenvalue weighted by Crippen LogP contribution is -2.52. The molecule has 18 heavy (non-hydrogen) atoms. The molecule has 5 heteroatoms. The van der Waals surface area contributed by atoms with Crippen molar-refractivity contribution in [2.45, 2.75) is 19.8 Å². The predicted molar refractivity (Wildman–Crippen MR) is 82.1 cm³/mol. The number of nitrogens with zero attached hydrogens (tertiary/aromatic N) is 3. The van der Waals surface area contributed by atoms with Gasteiger partial charge >= 0.3 is 0 Å². The van der Waals surface area contributed by atoms with Crippen LogP contribution in [0.5, 0.6) is 0 Å². The minimum Gasteiger partial charge on any atom is -0.363 e. The van der Waals surface area contributed by atoms with Crippen LogP contribution in [0.4, 0.5) is 0 Å². The van der Waals surface area contributed by atoms with Crippen LogP contribution in [-0.4, -0.2) is 79.7 Å². The molecule has 1 aliphatic heterocycles. The van der Waals surface area contributed by atoms with Gasteiger partial charge in [-0.3, -0.25) is 4.90 Å². The molecule has 0 saturated carbocycles. The highest BCUT2D eigenvalue weighted by Gasteiger charge is 2.18. The maximum Gasteiger partial charge on any atom is 0.169 e. The number of unbranched alkanes of at least 4 members (excludes halogenated alkanes) is 1. The van der Waals surface area contributed by atoms with E-state index < -0.39 is 0 Å². The molecule has 4 nitrogen and oxygen atoms in total. The summed E-state index contributed by atoms with van der Waals surface area (Å²) in [6, 6.07) is 0. The molecule has 1 saturated heterocycles. The summed E-state index contributed by atoms with van der Waals surface area (Å²) in [6.45, 7) is 9.89. The molecule has 0 aromatic heterocycles. The topological polar surface area (TPSA) is 21.8 Å². The molecular weight excluding hydrogens is 244 g/mol. The zero-order valence-electron chi connectivity index (χ0n) is 12.1. The van der Waals surface area contributed by atoms with Crippen LogP contribution >= 0.6 is 12.2 Å². The first-order valence-corrected chi connectivity index (χ1v) is 7.44. The second-order valence-corrected chi connectivity index (χ2v) is 5.60. The molecule has 0 atom stereocenters. The van der Waals surface area contributed by atoms with E-state index in [1.807, 2.05) is 0 Å². The fourth-order valence-corrected chi connectivity index (χ4v) is 2.28. The number of nitrogens with one attached hydrogen (secondary N) is 1. The van der Waals surface area contributed by atoms with Gasteiger partial charge in [-0.2, -0.15) is 0 Å². The van der Waals surface area contributed by atoms with E-state index in [1.165, 1.54) is 12.8 Å². The summed E-state index contributed by atoms with van der Waals surface area (Å²) in [6.07, 6.45) is 2.41. The average Bonchev–Trinajstić information content (AvgIpc) is 2.37. The fraction of sp³-hybridized carbons (Fsp3) is 0.923. The zero-order chi connectivity index (χ0) is 13.4. The molecule has 1 heterocycles. The monoisotopic (exact) mass is 272 g/mol. The van der Waals surface area contributed by atoms with E-state index in [-0.39, 0.29) is 0 Å². The lowest BCUT2D eigenvalue weighted by Gasteiger charge is -2.36. The second-order valence-electron chi connectivity index (χ2n) is 5.22. The van der Waals surface area contributed by atoms with Gasteiger partial charge in [0.2, 0.25) is 0 Å². The first-order chi connectivity index (χ1) is 8.63. The van der Waals surface area contributed by atoms with Gasteiger partial charge in [0.15, 0.2) is 5.11 Å². The van der Waals surface area contributed by atoms with Crippen LogP contribution in [0.2, 0.25) is 0 Å². The molecule has 1 N–H and O–H groups in total. The first-order valence-electron chi connectivity index (χ1n) is 7.03. The molecule has 0 aliphatic carbocycles. The van der Waals surface area contributed by atoms with E-state index in [0.29, 0.717) is 0 Å². The van der Waals surface area contributed by atoms with Gasteiger partial charge in [-0.1, -0.05) is 13.3 Å². The van der Waals surface area contributed by atoms with Gasteiger partial charge < -0.3 is 15.1 Å². The first kappa shape index (κ1) is 15.7. The van der Waals surface area contributed by atoms with Crippen LogP contribution in [0.3, 0.4) is 0 Å². The van der Waals surface area contributed by atoms with Crippen LogP contribution in [-0.2, 0) is 0 Å². The van der Waals surface area contributed by atoms with E-state index in [9.17, 15) is 0 Å². The molecule has 0 amide bonds. The molecule has 1 rings (SSSR count). The van der Waals surface area contributed by atoms with Crippen molar-refractivity contribution in [2.75, 3.05) is 59.9 Å². The van der Waals surface area contributed by atoms with Crippen molar-refractivity contribution < 1.29 is 0 Å². The summed E-state index contributed by atoms with van der Waals surface area (Å²) in [5.41, 5.74) is 0. The Labute approximate surface area is 117 Å². The molecule has 0 bridgehead atoms. The number of rotatable bonds is 6. The molecule has 0 spiro atoms. The normalized spacial score (nSPS) is 17.2. The van der Waals surface area contributed by atoms with Gasteiger partial charge in [0.05, 0.1) is 0 Å². The molecular formula is C13H28N4S. The third kappa shape index (κ3) is 5.98. The Kier molecular flexibility index (Phi) is 7.54. The Hall–Kier alpha value is -0.390. The number of likely N-dealkylation sites (N-methyl/N-ethyl adjacent to an activating group) is 1. The Morgan fingerprint density at radius 1 is 1.22 bits per heavy atom. The smallest absolute Gasteiger partial charge is 0.169 e. The molecule has 1 aliphatic rings. The Morgan fingerprint density at radius 2 is 1.89 bits per heavy atom. The summed E-state index contributed by atoms with van der Waals surface area (Å²) < 4.78 is 0. The average molecular weight is 272 g/mol. The van der Waals surface area contributed by atoms with Gasteiger partial charge in [-0.05, 0) is 32.7 Å². The van der Waals surface area contributed by atoms with E-state index in [2.05, 4.69) is 41.0 Å². The maximum absolute atomic E-state index is 5.42. The molecule has 106 valence electrons. The van der Waals surface area contributed by atoms with E-state index in [4.69, 9.17) is 12.2 Å². The summed E-state index contributed by atoms with van der Waals surface area (Å²) in [4.78, 5) is 7.06. The van der Waals surface area contributed by atoms with Crippen LogP contribution in [0.25, 0.3) is 0 Å². The summed E-state index contributed by atoms with van der Waals surface area (Å²) in [7, 11) is 4.26. The number of hydrogen-bond acceptors (Lipinski definition) is 3. The number of thiocarbonyl (C=S) groups is 1. The van der Waals surface area contributed by atoms with Gasteiger partial charge in [-0.15, -0.1) is 0 Å². The van der Waals surface area contributed by atoms with Crippen molar-refractivity contribution in [3.05, 3.63) is 0 Å².